The van der Waals surface area contributed by atoms with Gasteiger partial charge in [-0.1, -0.05) is 12.1 Å². The monoisotopic (exact) mass is 495 g/mol. The number of nitrogens with one attached hydrogen (secondary N) is 2. The van der Waals surface area contributed by atoms with E-state index in [0.29, 0.717) is 34.9 Å². The number of fused-ring (bicyclic) bond motifs is 1. The van der Waals surface area contributed by atoms with Crippen LogP contribution in [0.1, 0.15) is 40.1 Å². The minimum Gasteiger partial charge on any atom is -0.457 e. The minimum absolute atomic E-state index is 0.0862. The van der Waals surface area contributed by atoms with E-state index in [1.807, 2.05) is 0 Å². The Kier molecular flexibility index (Phi) is 6.40. The van der Waals surface area contributed by atoms with Crippen molar-refractivity contribution in [2.24, 2.45) is 0 Å². The van der Waals surface area contributed by atoms with Gasteiger partial charge in [-0.3, -0.25) is 9.59 Å². The van der Waals surface area contributed by atoms with E-state index in [1.54, 1.807) is 36.4 Å². The number of nitrogens with zero attached hydrogens (tertiary/aromatic N) is 1. The number of halogens is 3. The zero-order valence-corrected chi connectivity index (χ0v) is 19.3. The summed E-state index contributed by atoms with van der Waals surface area (Å²) in [5, 5.41) is 5.52. The SMILES string of the molecule is O=C1Nc2ccc(C(F)(F)F)cc2/C1=C\c1ccc(-c2cccc(C(=O)NCCN3CCCC3)c2)o1. The maximum atomic E-state index is 13.2. The Hall–Kier alpha value is -3.85. The Morgan fingerprint density at radius 1 is 1.08 bits per heavy atom. The molecule has 0 unspecified atom stereocenters. The summed E-state index contributed by atoms with van der Waals surface area (Å²) in [4.78, 5) is 27.3. The van der Waals surface area contributed by atoms with Crippen LogP contribution < -0.4 is 10.6 Å². The second-order valence-corrected chi connectivity index (χ2v) is 8.86. The van der Waals surface area contributed by atoms with Crippen molar-refractivity contribution >= 4 is 29.2 Å². The first-order valence-electron chi connectivity index (χ1n) is 11.7. The normalized spacial score (nSPS) is 16.9. The number of alkyl halides is 3. The van der Waals surface area contributed by atoms with Crippen molar-refractivity contribution in [3.8, 4) is 11.3 Å². The lowest BCUT2D eigenvalue weighted by atomic mass is 10.0. The fraction of sp³-hybridized carbons (Fsp3) is 0.259. The number of rotatable bonds is 6. The molecule has 2 N–H and O–H groups in total. The van der Waals surface area contributed by atoms with Gasteiger partial charge in [0.2, 0.25) is 0 Å². The summed E-state index contributed by atoms with van der Waals surface area (Å²) in [5.41, 5.74) is 0.897. The van der Waals surface area contributed by atoms with Crippen molar-refractivity contribution in [1.82, 2.24) is 10.2 Å². The van der Waals surface area contributed by atoms with E-state index in [4.69, 9.17) is 4.42 Å². The molecule has 5 rings (SSSR count). The van der Waals surface area contributed by atoms with Gasteiger partial charge in [0.25, 0.3) is 11.8 Å². The highest BCUT2D eigenvalue weighted by Gasteiger charge is 2.34. The van der Waals surface area contributed by atoms with Gasteiger partial charge in [-0.15, -0.1) is 0 Å². The summed E-state index contributed by atoms with van der Waals surface area (Å²) < 4.78 is 45.3. The van der Waals surface area contributed by atoms with Crippen molar-refractivity contribution in [3.63, 3.8) is 0 Å². The number of carbonyl (C=O) groups excluding carboxylic acids is 2. The van der Waals surface area contributed by atoms with Crippen LogP contribution in [-0.4, -0.2) is 42.9 Å². The molecule has 1 fully saturated rings. The van der Waals surface area contributed by atoms with Gasteiger partial charge in [0.05, 0.1) is 11.1 Å². The minimum atomic E-state index is -4.52. The van der Waals surface area contributed by atoms with Crippen LogP contribution in [-0.2, 0) is 11.0 Å². The predicted molar refractivity (Wildman–Crippen MR) is 130 cm³/mol. The average Bonchev–Trinajstić information content (AvgIpc) is 3.60. The van der Waals surface area contributed by atoms with E-state index in [2.05, 4.69) is 15.5 Å². The Balaban J connectivity index is 1.32. The highest BCUT2D eigenvalue weighted by Crippen LogP contribution is 2.38. The molecule has 2 aromatic carbocycles. The van der Waals surface area contributed by atoms with Crippen LogP contribution in [0.2, 0.25) is 0 Å². The highest BCUT2D eigenvalue weighted by atomic mass is 19.4. The molecule has 1 aromatic heterocycles. The van der Waals surface area contributed by atoms with Crippen LogP contribution >= 0.6 is 0 Å². The van der Waals surface area contributed by atoms with Crippen LogP contribution in [0, 0.1) is 0 Å². The van der Waals surface area contributed by atoms with Gasteiger partial charge >= 0.3 is 6.18 Å². The molecule has 0 spiro atoms. The Morgan fingerprint density at radius 2 is 1.89 bits per heavy atom. The van der Waals surface area contributed by atoms with E-state index in [-0.39, 0.29) is 17.0 Å². The lowest BCUT2D eigenvalue weighted by Gasteiger charge is -2.14. The molecule has 36 heavy (non-hydrogen) atoms. The second kappa shape index (κ2) is 9.66. The fourth-order valence-corrected chi connectivity index (χ4v) is 4.49. The largest absolute Gasteiger partial charge is 0.457 e. The van der Waals surface area contributed by atoms with E-state index in [9.17, 15) is 22.8 Å². The number of furan rings is 1. The van der Waals surface area contributed by atoms with Crippen LogP contribution in [0.25, 0.3) is 23.0 Å². The van der Waals surface area contributed by atoms with E-state index in [1.165, 1.54) is 25.0 Å². The molecule has 1 saturated heterocycles. The van der Waals surface area contributed by atoms with Crippen molar-refractivity contribution in [1.29, 1.82) is 0 Å². The van der Waals surface area contributed by atoms with Gasteiger partial charge < -0.3 is 20.0 Å². The third-order valence-corrected chi connectivity index (χ3v) is 6.36. The van der Waals surface area contributed by atoms with Crippen molar-refractivity contribution in [3.05, 3.63) is 77.0 Å². The Morgan fingerprint density at radius 3 is 2.67 bits per heavy atom. The summed E-state index contributed by atoms with van der Waals surface area (Å²) >= 11 is 0. The molecule has 186 valence electrons. The van der Waals surface area contributed by atoms with Gasteiger partial charge in [0.15, 0.2) is 0 Å². The topological polar surface area (TPSA) is 74.6 Å². The molecule has 6 nitrogen and oxygen atoms in total. The molecule has 9 heteroatoms. The van der Waals surface area contributed by atoms with Crippen LogP contribution in [0.15, 0.2) is 59.0 Å². The second-order valence-electron chi connectivity index (χ2n) is 8.86. The van der Waals surface area contributed by atoms with E-state index < -0.39 is 17.6 Å². The number of hydrogen-bond donors (Lipinski definition) is 2. The first-order chi connectivity index (χ1) is 17.3. The Bertz CT molecular complexity index is 1340. The standard InChI is InChI=1S/C27H24F3N3O3/c28-27(29,30)19-6-8-23-21(15-19)22(26(35)32-23)16-20-7-9-24(36-20)17-4-3-5-18(14-17)25(34)31-10-13-33-11-1-2-12-33/h3-9,14-16H,1-2,10-13H2,(H,31,34)(H,32,35)/b22-16+. The number of carbonyl (C=O) groups is 2. The number of benzene rings is 2. The van der Waals surface area contributed by atoms with Crippen LogP contribution in [0.3, 0.4) is 0 Å². The van der Waals surface area contributed by atoms with Gasteiger partial charge in [-0.05, 0) is 74.5 Å². The molecule has 0 radical (unpaired) electrons. The first-order valence-corrected chi connectivity index (χ1v) is 11.7. The van der Waals surface area contributed by atoms with Crippen molar-refractivity contribution in [2.45, 2.75) is 19.0 Å². The molecule has 3 heterocycles. The van der Waals surface area contributed by atoms with E-state index in [0.717, 1.165) is 31.8 Å². The number of hydrogen-bond acceptors (Lipinski definition) is 4. The number of anilines is 1. The maximum absolute atomic E-state index is 13.2. The molecule has 2 aliphatic heterocycles. The average molecular weight is 496 g/mol. The van der Waals surface area contributed by atoms with Gasteiger partial charge in [0, 0.05) is 35.5 Å². The molecular weight excluding hydrogens is 471 g/mol. The first kappa shape index (κ1) is 23.9. The third-order valence-electron chi connectivity index (χ3n) is 6.36. The molecule has 0 aliphatic carbocycles. The number of amides is 2. The molecule has 2 aliphatic rings. The number of likely N-dealkylation sites (tertiary alicyclic amines) is 1. The lowest BCUT2D eigenvalue weighted by molar-refractivity contribution is -0.137. The Labute approximate surface area is 205 Å². The summed E-state index contributed by atoms with van der Waals surface area (Å²) in [5.74, 6) is 0.0941. The van der Waals surface area contributed by atoms with E-state index >= 15 is 0 Å². The third kappa shape index (κ3) is 5.06. The van der Waals surface area contributed by atoms with Gasteiger partial charge in [-0.25, -0.2) is 0 Å². The van der Waals surface area contributed by atoms with Gasteiger partial charge in [0.1, 0.15) is 11.5 Å². The summed E-state index contributed by atoms with van der Waals surface area (Å²) in [6, 6.07) is 13.4. The predicted octanol–water partition coefficient (Wildman–Crippen LogP) is 5.28. The van der Waals surface area contributed by atoms with Crippen molar-refractivity contribution in [2.75, 3.05) is 31.5 Å². The molecular formula is C27H24F3N3O3. The fourth-order valence-electron chi connectivity index (χ4n) is 4.49. The zero-order chi connectivity index (χ0) is 25.3. The molecule has 0 saturated carbocycles. The van der Waals surface area contributed by atoms with Crippen molar-refractivity contribution < 1.29 is 27.2 Å². The molecule has 0 atom stereocenters. The maximum Gasteiger partial charge on any atom is 0.416 e. The molecule has 3 aromatic rings. The van der Waals surface area contributed by atoms with Crippen LogP contribution in [0.4, 0.5) is 18.9 Å². The molecule has 2 amide bonds. The summed E-state index contributed by atoms with van der Waals surface area (Å²) in [7, 11) is 0. The summed E-state index contributed by atoms with van der Waals surface area (Å²) in [6.45, 7) is 3.53. The zero-order valence-electron chi connectivity index (χ0n) is 19.3. The summed E-state index contributed by atoms with van der Waals surface area (Å²) in [6.07, 6.45) is -0.706. The highest BCUT2D eigenvalue weighted by molar-refractivity contribution is 6.34. The van der Waals surface area contributed by atoms with Crippen LogP contribution in [0.5, 0.6) is 0 Å². The van der Waals surface area contributed by atoms with Gasteiger partial charge in [-0.2, -0.15) is 13.2 Å². The lowest BCUT2D eigenvalue weighted by Crippen LogP contribution is -2.33. The quantitative estimate of drug-likeness (QED) is 0.456. The smallest absolute Gasteiger partial charge is 0.416 e. The molecule has 0 bridgehead atoms.